The Balaban J connectivity index is 1.98. The van der Waals surface area contributed by atoms with Crippen molar-refractivity contribution in [2.75, 3.05) is 18.4 Å². The van der Waals surface area contributed by atoms with E-state index < -0.39 is 0 Å². The molecular formula is C12H19N5. The molecule has 0 fully saturated rings. The summed E-state index contributed by atoms with van der Waals surface area (Å²) in [4.78, 5) is 4.44. The Kier molecular flexibility index (Phi) is 3.58. The van der Waals surface area contributed by atoms with Gasteiger partial charge in [0.1, 0.15) is 0 Å². The van der Waals surface area contributed by atoms with Crippen LogP contribution in [-0.2, 0) is 0 Å². The summed E-state index contributed by atoms with van der Waals surface area (Å²) in [5.74, 6) is 0.685. The van der Waals surface area contributed by atoms with Gasteiger partial charge in [-0.1, -0.05) is 19.9 Å². The number of pyridine rings is 1. The predicted molar refractivity (Wildman–Crippen MR) is 69.4 cm³/mol. The van der Waals surface area contributed by atoms with E-state index in [0.29, 0.717) is 12.0 Å². The van der Waals surface area contributed by atoms with Crippen molar-refractivity contribution in [3.63, 3.8) is 0 Å². The molecule has 2 aromatic rings. The standard InChI is InChI=1S/C12H19N5/c1-9(2)13-6-7-14-12-15-11-10(3)5-4-8-17(11)16-12/h4-5,8-9,13H,6-7H2,1-3H3,(H,14,16). The van der Waals surface area contributed by atoms with Crippen molar-refractivity contribution >= 4 is 11.6 Å². The van der Waals surface area contributed by atoms with Crippen LogP contribution in [-0.4, -0.2) is 33.7 Å². The van der Waals surface area contributed by atoms with Crippen molar-refractivity contribution in [2.24, 2.45) is 0 Å². The Hall–Kier alpha value is -1.62. The van der Waals surface area contributed by atoms with Crippen LogP contribution in [0.15, 0.2) is 18.3 Å². The van der Waals surface area contributed by atoms with E-state index in [9.17, 15) is 0 Å². The Morgan fingerprint density at radius 2 is 2.18 bits per heavy atom. The number of nitrogens with zero attached hydrogens (tertiary/aromatic N) is 3. The summed E-state index contributed by atoms with van der Waals surface area (Å²) in [7, 11) is 0. The van der Waals surface area contributed by atoms with Crippen LogP contribution < -0.4 is 10.6 Å². The number of hydrogen-bond acceptors (Lipinski definition) is 4. The van der Waals surface area contributed by atoms with Crippen LogP contribution in [0.25, 0.3) is 5.65 Å². The molecule has 0 aliphatic rings. The lowest BCUT2D eigenvalue weighted by atomic mass is 10.3. The topological polar surface area (TPSA) is 54.2 Å². The Bertz CT molecular complexity index is 489. The van der Waals surface area contributed by atoms with Gasteiger partial charge in [-0.3, -0.25) is 0 Å². The molecular weight excluding hydrogens is 214 g/mol. The molecule has 0 aliphatic heterocycles. The number of aryl methyl sites for hydroxylation is 1. The first kappa shape index (κ1) is 11.9. The molecule has 0 bridgehead atoms. The molecule has 0 atom stereocenters. The van der Waals surface area contributed by atoms with Crippen molar-refractivity contribution in [3.8, 4) is 0 Å². The molecule has 0 spiro atoms. The number of anilines is 1. The fourth-order valence-electron chi connectivity index (χ4n) is 1.65. The molecule has 92 valence electrons. The van der Waals surface area contributed by atoms with Gasteiger partial charge >= 0.3 is 0 Å². The lowest BCUT2D eigenvalue weighted by Gasteiger charge is -2.07. The molecule has 5 nitrogen and oxygen atoms in total. The molecule has 17 heavy (non-hydrogen) atoms. The molecule has 2 N–H and O–H groups in total. The summed E-state index contributed by atoms with van der Waals surface area (Å²) < 4.78 is 1.80. The first-order chi connectivity index (χ1) is 8.16. The second kappa shape index (κ2) is 5.14. The quantitative estimate of drug-likeness (QED) is 0.767. The van der Waals surface area contributed by atoms with Crippen molar-refractivity contribution < 1.29 is 0 Å². The van der Waals surface area contributed by atoms with Gasteiger partial charge in [0.25, 0.3) is 0 Å². The average molecular weight is 233 g/mol. The monoisotopic (exact) mass is 233 g/mol. The fraction of sp³-hybridized carbons (Fsp3) is 0.500. The van der Waals surface area contributed by atoms with E-state index in [1.54, 1.807) is 4.52 Å². The second-order valence-corrected chi connectivity index (χ2v) is 4.43. The Morgan fingerprint density at radius 3 is 2.88 bits per heavy atom. The SMILES string of the molecule is Cc1cccn2nc(NCCNC(C)C)nc12. The highest BCUT2D eigenvalue weighted by Crippen LogP contribution is 2.09. The molecule has 2 rings (SSSR count). The van der Waals surface area contributed by atoms with Crippen molar-refractivity contribution in [1.29, 1.82) is 0 Å². The van der Waals surface area contributed by atoms with Crippen molar-refractivity contribution in [1.82, 2.24) is 19.9 Å². The molecule has 0 unspecified atom stereocenters. The van der Waals surface area contributed by atoms with Gasteiger partial charge in [0.15, 0.2) is 5.65 Å². The molecule has 5 heteroatoms. The number of hydrogen-bond donors (Lipinski definition) is 2. The fourth-order valence-corrected chi connectivity index (χ4v) is 1.65. The maximum Gasteiger partial charge on any atom is 0.243 e. The molecule has 0 saturated carbocycles. The van der Waals surface area contributed by atoms with E-state index >= 15 is 0 Å². The number of nitrogens with one attached hydrogen (secondary N) is 2. The van der Waals surface area contributed by atoms with Crippen LogP contribution in [0, 0.1) is 6.92 Å². The summed E-state index contributed by atoms with van der Waals surface area (Å²) in [6.45, 7) is 8.04. The van der Waals surface area contributed by atoms with Crippen molar-refractivity contribution in [3.05, 3.63) is 23.9 Å². The maximum atomic E-state index is 4.44. The minimum atomic E-state index is 0.507. The molecule has 0 aromatic carbocycles. The van der Waals surface area contributed by atoms with Gasteiger partial charge in [0.2, 0.25) is 5.95 Å². The van der Waals surface area contributed by atoms with Gasteiger partial charge in [-0.15, -0.1) is 5.10 Å². The highest BCUT2D eigenvalue weighted by Gasteiger charge is 2.04. The van der Waals surface area contributed by atoms with E-state index in [0.717, 1.165) is 24.3 Å². The van der Waals surface area contributed by atoms with Gasteiger partial charge in [0, 0.05) is 25.3 Å². The first-order valence-corrected chi connectivity index (χ1v) is 5.96. The highest BCUT2D eigenvalue weighted by molar-refractivity contribution is 5.49. The van der Waals surface area contributed by atoms with Crippen LogP contribution >= 0.6 is 0 Å². The zero-order chi connectivity index (χ0) is 12.3. The number of fused-ring (bicyclic) bond motifs is 1. The molecule has 0 amide bonds. The smallest absolute Gasteiger partial charge is 0.243 e. The third-order valence-corrected chi connectivity index (χ3v) is 2.52. The zero-order valence-corrected chi connectivity index (χ0v) is 10.6. The molecule has 2 aromatic heterocycles. The van der Waals surface area contributed by atoms with E-state index in [1.165, 1.54) is 0 Å². The Morgan fingerprint density at radius 1 is 1.35 bits per heavy atom. The van der Waals surface area contributed by atoms with Gasteiger partial charge in [-0.25, -0.2) is 4.52 Å². The van der Waals surface area contributed by atoms with Crippen molar-refractivity contribution in [2.45, 2.75) is 26.8 Å². The van der Waals surface area contributed by atoms with Gasteiger partial charge in [0.05, 0.1) is 0 Å². The lowest BCUT2D eigenvalue weighted by Crippen LogP contribution is -2.28. The van der Waals surface area contributed by atoms with Gasteiger partial charge < -0.3 is 10.6 Å². The van der Waals surface area contributed by atoms with E-state index in [2.05, 4.69) is 34.6 Å². The first-order valence-electron chi connectivity index (χ1n) is 5.96. The van der Waals surface area contributed by atoms with Crippen LogP contribution in [0.4, 0.5) is 5.95 Å². The summed E-state index contributed by atoms with van der Waals surface area (Å²) in [5.41, 5.74) is 2.04. The summed E-state index contributed by atoms with van der Waals surface area (Å²) in [6.07, 6.45) is 1.91. The summed E-state index contributed by atoms with van der Waals surface area (Å²) in [5, 5.41) is 10.9. The van der Waals surface area contributed by atoms with Crippen LogP contribution in [0.3, 0.4) is 0 Å². The van der Waals surface area contributed by atoms with Gasteiger partial charge in [-0.2, -0.15) is 4.98 Å². The lowest BCUT2D eigenvalue weighted by molar-refractivity contribution is 0.601. The van der Waals surface area contributed by atoms with Crippen LogP contribution in [0.5, 0.6) is 0 Å². The molecule has 0 aliphatic carbocycles. The average Bonchev–Trinajstić information content (AvgIpc) is 2.69. The van der Waals surface area contributed by atoms with E-state index in [4.69, 9.17) is 0 Å². The Labute approximate surface area is 101 Å². The third-order valence-electron chi connectivity index (χ3n) is 2.52. The molecule has 0 radical (unpaired) electrons. The highest BCUT2D eigenvalue weighted by atomic mass is 15.3. The minimum absolute atomic E-state index is 0.507. The molecule has 2 heterocycles. The minimum Gasteiger partial charge on any atom is -0.352 e. The maximum absolute atomic E-state index is 4.44. The number of aromatic nitrogens is 3. The predicted octanol–water partition coefficient (Wildman–Crippen LogP) is 1.45. The molecule has 0 saturated heterocycles. The number of rotatable bonds is 5. The van der Waals surface area contributed by atoms with E-state index in [-0.39, 0.29) is 0 Å². The van der Waals surface area contributed by atoms with Gasteiger partial charge in [-0.05, 0) is 18.6 Å². The zero-order valence-electron chi connectivity index (χ0n) is 10.6. The van der Waals surface area contributed by atoms with Crippen LogP contribution in [0.1, 0.15) is 19.4 Å². The van der Waals surface area contributed by atoms with E-state index in [1.807, 2.05) is 25.3 Å². The summed E-state index contributed by atoms with van der Waals surface area (Å²) >= 11 is 0. The third kappa shape index (κ3) is 2.94. The normalized spacial score (nSPS) is 11.3. The largest absolute Gasteiger partial charge is 0.352 e. The second-order valence-electron chi connectivity index (χ2n) is 4.43. The van der Waals surface area contributed by atoms with Crippen LogP contribution in [0.2, 0.25) is 0 Å². The summed E-state index contributed by atoms with van der Waals surface area (Å²) in [6, 6.07) is 4.52.